The number of hydrogen-bond acceptors (Lipinski definition) is 7. The SMILES string of the molecule is CN1N=C2CCN(C(=O)C(COc3cncc(F)c3)NC(=O)C(C)(C)N)C[C@@]2(Cc2ccccc2)C1=O. The van der Waals surface area contributed by atoms with E-state index in [1.54, 1.807) is 11.9 Å². The van der Waals surface area contributed by atoms with Gasteiger partial charge in [-0.25, -0.2) is 9.40 Å². The molecule has 10 nitrogen and oxygen atoms in total. The average Bonchev–Trinajstić information content (AvgIpc) is 3.10. The van der Waals surface area contributed by atoms with Crippen molar-refractivity contribution in [3.63, 3.8) is 0 Å². The van der Waals surface area contributed by atoms with E-state index in [-0.39, 0.29) is 24.8 Å². The molecular weight excluding hydrogens is 479 g/mol. The second kappa shape index (κ2) is 10.3. The van der Waals surface area contributed by atoms with E-state index in [1.807, 2.05) is 30.3 Å². The van der Waals surface area contributed by atoms with Crippen molar-refractivity contribution in [2.75, 3.05) is 26.7 Å². The minimum Gasteiger partial charge on any atom is -0.489 e. The van der Waals surface area contributed by atoms with E-state index in [4.69, 9.17) is 10.5 Å². The molecule has 1 aromatic heterocycles. The Kier molecular flexibility index (Phi) is 7.26. The molecule has 0 bridgehead atoms. The highest BCUT2D eigenvalue weighted by molar-refractivity contribution is 6.13. The zero-order chi connectivity index (χ0) is 26.8. The van der Waals surface area contributed by atoms with Crippen LogP contribution in [0.1, 0.15) is 25.8 Å². The maximum atomic E-state index is 13.8. The maximum absolute atomic E-state index is 13.8. The summed E-state index contributed by atoms with van der Waals surface area (Å²) in [5.74, 6) is -1.66. The number of hydrogen-bond donors (Lipinski definition) is 2. The summed E-state index contributed by atoms with van der Waals surface area (Å²) in [5, 5.41) is 8.47. The Labute approximate surface area is 214 Å². The molecule has 0 saturated carbocycles. The number of pyridine rings is 1. The van der Waals surface area contributed by atoms with Gasteiger partial charge in [0.1, 0.15) is 29.6 Å². The van der Waals surface area contributed by atoms with Gasteiger partial charge in [-0.05, 0) is 25.8 Å². The number of aromatic nitrogens is 1. The highest BCUT2D eigenvalue weighted by atomic mass is 19.1. The smallest absolute Gasteiger partial charge is 0.256 e. The van der Waals surface area contributed by atoms with Crippen LogP contribution in [0.3, 0.4) is 0 Å². The number of rotatable bonds is 8. The second-order valence-corrected chi connectivity index (χ2v) is 10.0. The number of halogens is 1. The van der Waals surface area contributed by atoms with Crippen LogP contribution in [0.2, 0.25) is 0 Å². The molecule has 2 aromatic rings. The lowest BCUT2D eigenvalue weighted by molar-refractivity contribution is -0.143. The van der Waals surface area contributed by atoms with Crippen LogP contribution in [0.15, 0.2) is 53.9 Å². The maximum Gasteiger partial charge on any atom is 0.256 e. The number of hydrazone groups is 1. The Hall–Kier alpha value is -3.86. The van der Waals surface area contributed by atoms with Crippen LogP contribution in [0.4, 0.5) is 4.39 Å². The van der Waals surface area contributed by atoms with Crippen molar-refractivity contribution >= 4 is 23.4 Å². The molecular formula is C26H31FN6O4. The fraction of sp³-hybridized carbons (Fsp3) is 0.423. The van der Waals surface area contributed by atoms with Gasteiger partial charge in [-0.2, -0.15) is 5.10 Å². The first-order chi connectivity index (χ1) is 17.5. The first kappa shape index (κ1) is 26.2. The van der Waals surface area contributed by atoms with Gasteiger partial charge in [0.25, 0.3) is 5.91 Å². The van der Waals surface area contributed by atoms with E-state index in [2.05, 4.69) is 15.4 Å². The molecule has 0 spiro atoms. The van der Waals surface area contributed by atoms with Crippen molar-refractivity contribution in [1.29, 1.82) is 0 Å². The van der Waals surface area contributed by atoms with Crippen LogP contribution in [-0.2, 0) is 20.8 Å². The van der Waals surface area contributed by atoms with Gasteiger partial charge in [0.05, 0.1) is 23.6 Å². The van der Waals surface area contributed by atoms with E-state index in [0.29, 0.717) is 19.4 Å². The summed E-state index contributed by atoms with van der Waals surface area (Å²) in [6, 6.07) is 9.58. The Morgan fingerprint density at radius 1 is 1.27 bits per heavy atom. The van der Waals surface area contributed by atoms with Crippen molar-refractivity contribution in [1.82, 2.24) is 20.2 Å². The number of ether oxygens (including phenoxy) is 1. The molecule has 196 valence electrons. The van der Waals surface area contributed by atoms with Crippen LogP contribution in [-0.4, -0.2) is 76.7 Å². The van der Waals surface area contributed by atoms with E-state index in [9.17, 15) is 18.8 Å². The number of nitrogens with zero attached hydrogens (tertiary/aromatic N) is 4. The second-order valence-electron chi connectivity index (χ2n) is 10.0. The summed E-state index contributed by atoms with van der Waals surface area (Å²) in [5.41, 5.74) is 5.37. The third-order valence-electron chi connectivity index (χ3n) is 6.55. The van der Waals surface area contributed by atoms with Crippen LogP contribution in [0.5, 0.6) is 5.75 Å². The number of amides is 3. The zero-order valence-corrected chi connectivity index (χ0v) is 21.1. The number of benzene rings is 1. The summed E-state index contributed by atoms with van der Waals surface area (Å²) >= 11 is 0. The molecule has 1 saturated heterocycles. The van der Waals surface area contributed by atoms with Gasteiger partial charge in [0.15, 0.2) is 0 Å². The molecule has 4 rings (SSSR count). The first-order valence-electron chi connectivity index (χ1n) is 12.0. The first-order valence-corrected chi connectivity index (χ1v) is 12.0. The van der Waals surface area contributed by atoms with E-state index < -0.39 is 34.6 Å². The fourth-order valence-corrected chi connectivity index (χ4v) is 4.61. The highest BCUT2D eigenvalue weighted by Crippen LogP contribution is 2.38. The van der Waals surface area contributed by atoms with E-state index in [1.165, 1.54) is 25.1 Å². The summed E-state index contributed by atoms with van der Waals surface area (Å²) in [4.78, 5) is 45.1. The topological polar surface area (TPSA) is 130 Å². The number of nitrogens with two attached hydrogens (primary N) is 1. The van der Waals surface area contributed by atoms with Crippen molar-refractivity contribution < 1.29 is 23.5 Å². The Morgan fingerprint density at radius 3 is 2.68 bits per heavy atom. The molecule has 2 aliphatic heterocycles. The van der Waals surface area contributed by atoms with Crippen LogP contribution < -0.4 is 15.8 Å². The third-order valence-corrected chi connectivity index (χ3v) is 6.55. The predicted molar refractivity (Wildman–Crippen MR) is 134 cm³/mol. The van der Waals surface area contributed by atoms with Crippen molar-refractivity contribution in [3.8, 4) is 5.75 Å². The van der Waals surface area contributed by atoms with Crippen LogP contribution >= 0.6 is 0 Å². The van der Waals surface area contributed by atoms with Crippen molar-refractivity contribution in [3.05, 3.63) is 60.2 Å². The van der Waals surface area contributed by atoms with E-state index in [0.717, 1.165) is 23.5 Å². The number of carbonyl (C=O) groups is 3. The molecule has 2 aliphatic rings. The van der Waals surface area contributed by atoms with Gasteiger partial charge < -0.3 is 20.7 Å². The van der Waals surface area contributed by atoms with Gasteiger partial charge in [-0.3, -0.25) is 19.4 Å². The number of carbonyl (C=O) groups excluding carboxylic acids is 3. The summed E-state index contributed by atoms with van der Waals surface area (Å²) in [6.45, 7) is 3.18. The lowest BCUT2D eigenvalue weighted by atomic mass is 9.73. The van der Waals surface area contributed by atoms with Crippen LogP contribution in [0.25, 0.3) is 0 Å². The van der Waals surface area contributed by atoms with Gasteiger partial charge in [-0.1, -0.05) is 30.3 Å². The predicted octanol–water partition coefficient (Wildman–Crippen LogP) is 1.11. The lowest BCUT2D eigenvalue weighted by Gasteiger charge is -2.40. The normalized spacial score (nSPS) is 20.2. The molecule has 11 heteroatoms. The molecule has 0 aliphatic carbocycles. The van der Waals surface area contributed by atoms with Gasteiger partial charge in [0, 0.05) is 32.6 Å². The number of nitrogens with one attached hydrogen (secondary N) is 1. The third kappa shape index (κ3) is 5.61. The largest absolute Gasteiger partial charge is 0.489 e. The zero-order valence-electron chi connectivity index (χ0n) is 21.1. The standard InChI is InChI=1S/C26H31FN6O4/c1-25(2,28)23(35)30-20(15-37-19-11-18(27)13-29-14-19)22(34)33-10-9-21-26(16-33,24(36)32(3)31-21)12-17-7-5-4-6-8-17/h4-8,11,13-14,20H,9-10,12,15-16,28H2,1-3H3,(H,30,35)/t20?,26-/m1/s1. The molecule has 2 atom stereocenters. The Balaban J connectivity index is 1.58. The van der Waals surface area contributed by atoms with Crippen molar-refractivity contribution in [2.45, 2.75) is 38.3 Å². The summed E-state index contributed by atoms with van der Waals surface area (Å²) in [7, 11) is 1.61. The van der Waals surface area contributed by atoms with Gasteiger partial charge in [-0.15, -0.1) is 0 Å². The van der Waals surface area contributed by atoms with Gasteiger partial charge in [0.2, 0.25) is 11.8 Å². The Morgan fingerprint density at radius 2 is 2.00 bits per heavy atom. The highest BCUT2D eigenvalue weighted by Gasteiger charge is 2.54. The van der Waals surface area contributed by atoms with Crippen LogP contribution in [0, 0.1) is 11.2 Å². The molecule has 0 radical (unpaired) electrons. The van der Waals surface area contributed by atoms with E-state index >= 15 is 0 Å². The van der Waals surface area contributed by atoms with Crippen molar-refractivity contribution in [2.24, 2.45) is 16.3 Å². The number of piperidine rings is 1. The molecule has 3 N–H and O–H groups in total. The van der Waals surface area contributed by atoms with Gasteiger partial charge >= 0.3 is 0 Å². The monoisotopic (exact) mass is 510 g/mol. The quantitative estimate of drug-likeness (QED) is 0.547. The number of likely N-dealkylation sites (tertiary alicyclic amines) is 1. The molecule has 1 unspecified atom stereocenters. The average molecular weight is 511 g/mol. The number of fused-ring (bicyclic) bond motifs is 1. The molecule has 37 heavy (non-hydrogen) atoms. The molecule has 1 fully saturated rings. The minimum absolute atomic E-state index is 0.0998. The summed E-state index contributed by atoms with van der Waals surface area (Å²) < 4.78 is 19.2. The minimum atomic E-state index is -1.25. The summed E-state index contributed by atoms with van der Waals surface area (Å²) in [6.07, 6.45) is 3.14. The molecule has 1 aromatic carbocycles. The Bertz CT molecular complexity index is 1220. The molecule has 3 heterocycles. The fourth-order valence-electron chi connectivity index (χ4n) is 4.61. The lowest BCUT2D eigenvalue weighted by Crippen LogP contribution is -2.62. The molecule has 3 amide bonds.